The van der Waals surface area contributed by atoms with Gasteiger partial charge in [-0.3, -0.25) is 14.9 Å². The summed E-state index contributed by atoms with van der Waals surface area (Å²) in [6, 6.07) is -1.30. The molecule has 1 rings (SSSR count). The minimum atomic E-state index is -1.23. The van der Waals surface area contributed by atoms with E-state index in [0.29, 0.717) is 6.54 Å². The molecule has 0 bridgehead atoms. The highest BCUT2D eigenvalue weighted by Gasteiger charge is 2.51. The van der Waals surface area contributed by atoms with E-state index in [1.807, 2.05) is 13.8 Å². The lowest BCUT2D eigenvalue weighted by molar-refractivity contribution is -0.133. The number of thioether (sulfide) groups is 1. The van der Waals surface area contributed by atoms with Crippen molar-refractivity contribution in [3.05, 3.63) is 0 Å². The molecule has 1 aliphatic rings. The summed E-state index contributed by atoms with van der Waals surface area (Å²) in [5.74, 6) is 0.269. The fourth-order valence-corrected chi connectivity index (χ4v) is 3.31. The van der Waals surface area contributed by atoms with E-state index in [2.05, 4.69) is 5.32 Å². The average Bonchev–Trinajstić information content (AvgIpc) is 2.85. The Morgan fingerprint density at radius 2 is 1.94 bits per heavy atom. The summed E-state index contributed by atoms with van der Waals surface area (Å²) < 4.78 is 0. The maximum absolute atomic E-state index is 12.5. The van der Waals surface area contributed by atoms with Crippen molar-refractivity contribution >= 4 is 23.3 Å². The van der Waals surface area contributed by atoms with Crippen LogP contribution in [0.2, 0.25) is 0 Å². The van der Waals surface area contributed by atoms with Gasteiger partial charge in [0.1, 0.15) is 0 Å². The molecular formula is C12H23N3O2S. The Bertz CT molecular complexity index is 327. The fourth-order valence-electron chi connectivity index (χ4n) is 1.99. The number of rotatable bonds is 6. The van der Waals surface area contributed by atoms with Gasteiger partial charge in [0, 0.05) is 12.3 Å². The van der Waals surface area contributed by atoms with Crippen LogP contribution in [-0.4, -0.2) is 40.8 Å². The van der Waals surface area contributed by atoms with Crippen molar-refractivity contribution in [1.82, 2.24) is 5.32 Å². The zero-order valence-electron chi connectivity index (χ0n) is 11.2. The first kappa shape index (κ1) is 15.6. The lowest BCUT2D eigenvalue weighted by atomic mass is 9.89. The topological polar surface area (TPSA) is 98.2 Å². The van der Waals surface area contributed by atoms with Gasteiger partial charge >= 0.3 is 0 Å². The van der Waals surface area contributed by atoms with E-state index >= 15 is 0 Å². The van der Waals surface area contributed by atoms with Crippen LogP contribution in [0.4, 0.5) is 0 Å². The van der Waals surface area contributed by atoms with E-state index in [9.17, 15) is 9.59 Å². The van der Waals surface area contributed by atoms with Crippen molar-refractivity contribution in [3.63, 3.8) is 0 Å². The number of hydrogen-bond acceptors (Lipinski definition) is 6. The number of nitrogens with one attached hydrogen (secondary N) is 1. The molecule has 0 aliphatic carbocycles. The van der Waals surface area contributed by atoms with Gasteiger partial charge < -0.3 is 11.5 Å². The first-order valence-electron chi connectivity index (χ1n) is 6.35. The van der Waals surface area contributed by atoms with Crippen LogP contribution in [0.15, 0.2) is 0 Å². The van der Waals surface area contributed by atoms with Crippen molar-refractivity contribution < 1.29 is 9.59 Å². The van der Waals surface area contributed by atoms with Gasteiger partial charge in [-0.05, 0) is 12.8 Å². The van der Waals surface area contributed by atoms with Crippen LogP contribution >= 0.6 is 11.8 Å². The van der Waals surface area contributed by atoms with E-state index in [0.717, 1.165) is 12.2 Å². The van der Waals surface area contributed by atoms with E-state index in [1.165, 1.54) is 11.8 Å². The van der Waals surface area contributed by atoms with Crippen molar-refractivity contribution in [2.45, 2.75) is 44.1 Å². The Kier molecular flexibility index (Phi) is 5.33. The Morgan fingerprint density at radius 3 is 2.33 bits per heavy atom. The van der Waals surface area contributed by atoms with Gasteiger partial charge in [0.15, 0.2) is 16.4 Å². The predicted octanol–water partition coefficient (Wildman–Crippen LogP) is -0.122. The highest BCUT2D eigenvalue weighted by atomic mass is 32.2. The zero-order chi connectivity index (χ0) is 13.9. The molecule has 1 fully saturated rings. The molecular weight excluding hydrogens is 250 g/mol. The van der Waals surface area contributed by atoms with Gasteiger partial charge in [-0.1, -0.05) is 20.3 Å². The van der Waals surface area contributed by atoms with E-state index in [-0.39, 0.29) is 17.5 Å². The highest BCUT2D eigenvalue weighted by molar-refractivity contribution is 8.02. The molecule has 0 aromatic rings. The molecule has 5 nitrogen and oxygen atoms in total. The van der Waals surface area contributed by atoms with E-state index in [4.69, 9.17) is 11.5 Å². The standard InChI is InChI=1S/C12H23N3O2S/c1-4-7(2)9(14)11(17)12(10(16)8(3)13)15-5-6-18-12/h7-9,15H,4-6,13-14H2,1-3H3. The summed E-state index contributed by atoms with van der Waals surface area (Å²) in [5.41, 5.74) is 11.6. The van der Waals surface area contributed by atoms with Crippen LogP contribution in [0.5, 0.6) is 0 Å². The molecule has 5 N–H and O–H groups in total. The third kappa shape index (κ3) is 2.77. The monoisotopic (exact) mass is 273 g/mol. The zero-order valence-corrected chi connectivity index (χ0v) is 12.0. The highest BCUT2D eigenvalue weighted by Crippen LogP contribution is 2.32. The molecule has 18 heavy (non-hydrogen) atoms. The molecule has 6 heteroatoms. The summed E-state index contributed by atoms with van der Waals surface area (Å²) in [6.45, 7) is 6.13. The number of ketones is 2. The second-order valence-electron chi connectivity index (χ2n) is 4.88. The molecule has 0 amide bonds. The van der Waals surface area contributed by atoms with Crippen LogP contribution < -0.4 is 16.8 Å². The minimum absolute atomic E-state index is 0.0539. The van der Waals surface area contributed by atoms with Crippen LogP contribution in [0.25, 0.3) is 0 Å². The number of Topliss-reactive ketones (excluding diaryl/α,β-unsaturated/α-hetero) is 2. The molecule has 0 spiro atoms. The summed E-state index contributed by atoms with van der Waals surface area (Å²) in [6.07, 6.45) is 0.806. The SMILES string of the molecule is CCC(C)C(N)C(=O)C1(C(=O)C(C)N)NCCS1. The first-order chi connectivity index (χ1) is 8.36. The molecule has 0 aromatic carbocycles. The molecule has 0 radical (unpaired) electrons. The molecule has 4 atom stereocenters. The Hall–Kier alpha value is -0.430. The lowest BCUT2D eigenvalue weighted by Gasteiger charge is -2.31. The van der Waals surface area contributed by atoms with E-state index in [1.54, 1.807) is 6.92 Å². The maximum atomic E-state index is 12.5. The molecule has 1 heterocycles. The van der Waals surface area contributed by atoms with Gasteiger partial charge in [-0.25, -0.2) is 0 Å². The molecule has 1 saturated heterocycles. The molecule has 104 valence electrons. The first-order valence-corrected chi connectivity index (χ1v) is 7.34. The van der Waals surface area contributed by atoms with Crippen molar-refractivity contribution in [2.24, 2.45) is 17.4 Å². The summed E-state index contributed by atoms with van der Waals surface area (Å²) >= 11 is 1.32. The Balaban J connectivity index is 2.98. The van der Waals surface area contributed by atoms with Gasteiger partial charge in [-0.15, -0.1) is 11.8 Å². The van der Waals surface area contributed by atoms with Gasteiger partial charge in [0.25, 0.3) is 0 Å². The second kappa shape index (κ2) is 6.14. The minimum Gasteiger partial charge on any atom is -0.322 e. The van der Waals surface area contributed by atoms with E-state index < -0.39 is 17.0 Å². The average molecular weight is 273 g/mol. The summed E-state index contributed by atoms with van der Waals surface area (Å²) in [5, 5.41) is 3.01. The van der Waals surface area contributed by atoms with Crippen LogP contribution in [0.3, 0.4) is 0 Å². The molecule has 0 aromatic heterocycles. The smallest absolute Gasteiger partial charge is 0.187 e. The summed E-state index contributed by atoms with van der Waals surface area (Å²) in [7, 11) is 0. The van der Waals surface area contributed by atoms with Crippen LogP contribution in [0, 0.1) is 5.92 Å². The molecule has 1 aliphatic heterocycles. The quantitative estimate of drug-likeness (QED) is 0.584. The normalized spacial score (nSPS) is 28.7. The second-order valence-corrected chi connectivity index (χ2v) is 6.19. The maximum Gasteiger partial charge on any atom is 0.187 e. The van der Waals surface area contributed by atoms with Crippen molar-refractivity contribution in [2.75, 3.05) is 12.3 Å². The lowest BCUT2D eigenvalue weighted by Crippen LogP contribution is -2.62. The number of carbonyl (C=O) groups excluding carboxylic acids is 2. The summed E-state index contributed by atoms with van der Waals surface area (Å²) in [4.78, 5) is 23.5. The van der Waals surface area contributed by atoms with Gasteiger partial charge in [0.05, 0.1) is 12.1 Å². The number of nitrogens with two attached hydrogens (primary N) is 2. The van der Waals surface area contributed by atoms with Crippen molar-refractivity contribution in [3.8, 4) is 0 Å². The number of hydrogen-bond donors (Lipinski definition) is 3. The van der Waals surface area contributed by atoms with Crippen molar-refractivity contribution in [1.29, 1.82) is 0 Å². The number of carbonyl (C=O) groups is 2. The predicted molar refractivity (Wildman–Crippen MR) is 74.3 cm³/mol. The third-order valence-corrected chi connectivity index (χ3v) is 4.85. The largest absolute Gasteiger partial charge is 0.322 e. The molecule has 4 unspecified atom stereocenters. The Labute approximate surface area is 112 Å². The third-order valence-electron chi connectivity index (χ3n) is 3.46. The Morgan fingerprint density at radius 1 is 1.33 bits per heavy atom. The van der Waals surface area contributed by atoms with Crippen LogP contribution in [-0.2, 0) is 9.59 Å². The van der Waals surface area contributed by atoms with Crippen LogP contribution in [0.1, 0.15) is 27.2 Å². The van der Waals surface area contributed by atoms with Gasteiger partial charge in [-0.2, -0.15) is 0 Å². The fraction of sp³-hybridized carbons (Fsp3) is 0.833. The van der Waals surface area contributed by atoms with Gasteiger partial charge in [0.2, 0.25) is 0 Å². The molecule has 0 saturated carbocycles.